The monoisotopic (exact) mass is 348 g/mol. The van der Waals surface area contributed by atoms with E-state index in [1.165, 1.54) is 6.07 Å². The van der Waals surface area contributed by atoms with E-state index in [9.17, 15) is 14.0 Å². The molecule has 2 rings (SSSR count). The van der Waals surface area contributed by atoms with Gasteiger partial charge in [-0.05, 0) is 45.0 Å². The Morgan fingerprint density at radius 3 is 2.72 bits per heavy atom. The Kier molecular flexibility index (Phi) is 5.80. The zero-order valence-corrected chi connectivity index (χ0v) is 14.4. The van der Waals surface area contributed by atoms with Crippen molar-refractivity contribution in [3.05, 3.63) is 52.6 Å². The van der Waals surface area contributed by atoms with Gasteiger partial charge in [0, 0.05) is 29.1 Å². The summed E-state index contributed by atoms with van der Waals surface area (Å²) in [5, 5.41) is 3.27. The SMILES string of the molecule is CC(C)(C)OC(=O)NC/C(=C\F)COc1ccc2[nH]c(=O)ccc2c1. The number of ether oxygens (including phenoxy) is 2. The number of fused-ring (bicyclic) bond motifs is 1. The Balaban J connectivity index is 1.91. The van der Waals surface area contributed by atoms with E-state index in [4.69, 9.17) is 9.47 Å². The largest absolute Gasteiger partial charge is 0.489 e. The van der Waals surface area contributed by atoms with Gasteiger partial charge in [-0.15, -0.1) is 0 Å². The summed E-state index contributed by atoms with van der Waals surface area (Å²) >= 11 is 0. The van der Waals surface area contributed by atoms with E-state index in [1.54, 1.807) is 45.0 Å². The van der Waals surface area contributed by atoms with Gasteiger partial charge in [-0.25, -0.2) is 9.18 Å². The van der Waals surface area contributed by atoms with Crippen LogP contribution in [0, 0.1) is 0 Å². The second-order valence-corrected chi connectivity index (χ2v) is 6.48. The molecule has 1 amide bonds. The van der Waals surface area contributed by atoms with Crippen LogP contribution < -0.4 is 15.6 Å². The molecule has 7 heteroatoms. The number of aromatic nitrogens is 1. The van der Waals surface area contributed by atoms with Gasteiger partial charge in [-0.3, -0.25) is 4.79 Å². The first-order chi connectivity index (χ1) is 11.8. The number of nitrogens with one attached hydrogen (secondary N) is 2. The number of pyridine rings is 1. The summed E-state index contributed by atoms with van der Waals surface area (Å²) in [5.74, 6) is 0.524. The van der Waals surface area contributed by atoms with E-state index < -0.39 is 11.7 Å². The molecule has 0 fully saturated rings. The minimum absolute atomic E-state index is 0.0215. The van der Waals surface area contributed by atoms with Gasteiger partial charge >= 0.3 is 6.09 Å². The van der Waals surface area contributed by atoms with Crippen molar-refractivity contribution in [2.24, 2.45) is 0 Å². The number of hydrogen-bond acceptors (Lipinski definition) is 4. The van der Waals surface area contributed by atoms with Crippen molar-refractivity contribution in [2.75, 3.05) is 13.2 Å². The van der Waals surface area contributed by atoms with E-state index in [1.807, 2.05) is 0 Å². The zero-order valence-electron chi connectivity index (χ0n) is 14.4. The molecule has 2 N–H and O–H groups in total. The van der Waals surface area contributed by atoms with Gasteiger partial charge in [0.05, 0.1) is 6.33 Å². The smallest absolute Gasteiger partial charge is 0.407 e. The summed E-state index contributed by atoms with van der Waals surface area (Å²) < 4.78 is 23.6. The molecule has 0 saturated carbocycles. The molecule has 6 nitrogen and oxygen atoms in total. The maximum Gasteiger partial charge on any atom is 0.407 e. The minimum atomic E-state index is -0.624. The first-order valence-corrected chi connectivity index (χ1v) is 7.78. The van der Waals surface area contributed by atoms with E-state index in [2.05, 4.69) is 10.3 Å². The molecule has 134 valence electrons. The van der Waals surface area contributed by atoms with Crippen molar-refractivity contribution in [1.29, 1.82) is 0 Å². The fourth-order valence-corrected chi connectivity index (χ4v) is 2.02. The molecule has 0 atom stereocenters. The number of H-pyrrole nitrogens is 1. The summed E-state index contributed by atoms with van der Waals surface area (Å²) in [6, 6.07) is 8.22. The number of rotatable bonds is 5. The molecule has 0 radical (unpaired) electrons. The van der Waals surface area contributed by atoms with E-state index in [-0.39, 0.29) is 24.3 Å². The predicted octanol–water partition coefficient (Wildman–Crippen LogP) is 3.29. The average molecular weight is 348 g/mol. The highest BCUT2D eigenvalue weighted by Gasteiger charge is 2.16. The lowest BCUT2D eigenvalue weighted by Gasteiger charge is -2.20. The number of carbonyl (C=O) groups excluding carboxylic acids is 1. The van der Waals surface area contributed by atoms with Crippen LogP contribution in [0.2, 0.25) is 0 Å². The lowest BCUT2D eigenvalue weighted by Crippen LogP contribution is -2.34. The zero-order chi connectivity index (χ0) is 18.4. The van der Waals surface area contributed by atoms with Crippen LogP contribution in [0.4, 0.5) is 9.18 Å². The lowest BCUT2D eigenvalue weighted by molar-refractivity contribution is 0.0531. The molecule has 1 heterocycles. The van der Waals surface area contributed by atoms with Crippen LogP contribution in [0.15, 0.2) is 47.0 Å². The molecule has 0 aliphatic rings. The van der Waals surface area contributed by atoms with Gasteiger partial charge < -0.3 is 19.8 Å². The van der Waals surface area contributed by atoms with Crippen molar-refractivity contribution in [1.82, 2.24) is 10.3 Å². The number of amides is 1. The Morgan fingerprint density at radius 2 is 2.04 bits per heavy atom. The Bertz CT molecular complexity index is 837. The van der Waals surface area contributed by atoms with Gasteiger partial charge in [-0.1, -0.05) is 0 Å². The Labute approximate surface area is 144 Å². The number of benzene rings is 1. The van der Waals surface area contributed by atoms with Crippen LogP contribution in [0.1, 0.15) is 20.8 Å². The number of carbonyl (C=O) groups is 1. The van der Waals surface area contributed by atoms with Crippen LogP contribution in [0.5, 0.6) is 5.75 Å². The van der Waals surface area contributed by atoms with Crippen molar-refractivity contribution in [2.45, 2.75) is 26.4 Å². The first-order valence-electron chi connectivity index (χ1n) is 7.78. The van der Waals surface area contributed by atoms with Crippen molar-refractivity contribution < 1.29 is 18.7 Å². The second kappa shape index (κ2) is 7.83. The van der Waals surface area contributed by atoms with Gasteiger partial charge in [0.15, 0.2) is 0 Å². The molecule has 1 aromatic heterocycles. The first kappa shape index (κ1) is 18.5. The summed E-state index contributed by atoms with van der Waals surface area (Å²) in [6.07, 6.45) is -0.225. The molecule has 25 heavy (non-hydrogen) atoms. The van der Waals surface area contributed by atoms with Crippen LogP contribution in [0.3, 0.4) is 0 Å². The molecule has 2 aromatic rings. The Morgan fingerprint density at radius 1 is 1.28 bits per heavy atom. The number of aromatic amines is 1. The van der Waals surface area contributed by atoms with Crippen LogP contribution in [-0.2, 0) is 4.74 Å². The topological polar surface area (TPSA) is 80.4 Å². The molecule has 0 unspecified atom stereocenters. The molecule has 0 bridgehead atoms. The molecular formula is C18H21FN2O4. The summed E-state index contributed by atoms with van der Waals surface area (Å²) in [4.78, 5) is 25.5. The minimum Gasteiger partial charge on any atom is -0.489 e. The molecule has 1 aromatic carbocycles. The van der Waals surface area contributed by atoms with Gasteiger partial charge in [0.25, 0.3) is 0 Å². The summed E-state index contributed by atoms with van der Waals surface area (Å²) in [5.41, 5.74) is 0.142. The van der Waals surface area contributed by atoms with Gasteiger partial charge in [-0.2, -0.15) is 0 Å². The van der Waals surface area contributed by atoms with Gasteiger partial charge in [0.1, 0.15) is 18.0 Å². The predicted molar refractivity (Wildman–Crippen MR) is 93.5 cm³/mol. The maximum absolute atomic E-state index is 13.0. The number of halogens is 1. The number of hydrogen-bond donors (Lipinski definition) is 2. The molecular weight excluding hydrogens is 327 g/mol. The van der Waals surface area contributed by atoms with Crippen LogP contribution >= 0.6 is 0 Å². The molecule has 0 aliphatic heterocycles. The lowest BCUT2D eigenvalue weighted by atomic mass is 10.2. The van der Waals surface area contributed by atoms with Crippen LogP contribution in [0.25, 0.3) is 10.9 Å². The number of alkyl carbamates (subject to hydrolysis) is 1. The van der Waals surface area contributed by atoms with Crippen molar-refractivity contribution in [3.8, 4) is 5.75 Å². The van der Waals surface area contributed by atoms with E-state index >= 15 is 0 Å². The maximum atomic E-state index is 13.0. The third-order valence-electron chi connectivity index (χ3n) is 3.13. The highest BCUT2D eigenvalue weighted by molar-refractivity contribution is 5.79. The molecule has 0 aliphatic carbocycles. The van der Waals surface area contributed by atoms with Crippen LogP contribution in [-0.4, -0.2) is 29.8 Å². The van der Waals surface area contributed by atoms with Crippen molar-refractivity contribution >= 4 is 17.0 Å². The molecule has 0 saturated heterocycles. The van der Waals surface area contributed by atoms with E-state index in [0.717, 1.165) is 5.39 Å². The quantitative estimate of drug-likeness (QED) is 0.869. The average Bonchev–Trinajstić information content (AvgIpc) is 2.53. The standard InChI is InChI=1S/C18H21FN2O4/c1-18(2,3)25-17(23)20-10-12(9-19)11-24-14-5-6-15-13(8-14)4-7-16(22)21-15/h4-9H,10-11H2,1-3H3,(H,20,23)(H,21,22)/b12-9+. The third kappa shape index (κ3) is 5.95. The third-order valence-corrected chi connectivity index (χ3v) is 3.13. The van der Waals surface area contributed by atoms with Crippen molar-refractivity contribution in [3.63, 3.8) is 0 Å². The normalized spacial score (nSPS) is 12.1. The molecule has 0 spiro atoms. The highest BCUT2D eigenvalue weighted by Crippen LogP contribution is 2.18. The summed E-state index contributed by atoms with van der Waals surface area (Å²) in [6.45, 7) is 5.19. The fraction of sp³-hybridized carbons (Fsp3) is 0.333. The second-order valence-electron chi connectivity index (χ2n) is 6.48. The summed E-state index contributed by atoms with van der Waals surface area (Å²) in [7, 11) is 0. The Hall–Kier alpha value is -2.83. The van der Waals surface area contributed by atoms with Gasteiger partial charge in [0.2, 0.25) is 5.56 Å². The van der Waals surface area contributed by atoms with E-state index in [0.29, 0.717) is 17.6 Å². The fourth-order valence-electron chi connectivity index (χ4n) is 2.02. The highest BCUT2D eigenvalue weighted by atomic mass is 19.1.